The van der Waals surface area contributed by atoms with Crippen molar-refractivity contribution in [3.05, 3.63) is 0 Å². The molecular weight excluding hydrogens is 204 g/mol. The highest BCUT2D eigenvalue weighted by atomic mass is 79.9. The molecule has 0 amide bonds. The molecule has 2 atom stereocenters. The van der Waals surface area contributed by atoms with Gasteiger partial charge in [-0.1, -0.05) is 22.9 Å². The van der Waals surface area contributed by atoms with Gasteiger partial charge in [-0.05, 0) is 32.1 Å². The van der Waals surface area contributed by atoms with Crippen LogP contribution in [0, 0.1) is 0 Å². The molecule has 66 valence electrons. The number of hydrogen-bond acceptors (Lipinski definition) is 1. The van der Waals surface area contributed by atoms with Crippen LogP contribution in [-0.4, -0.2) is 17.5 Å². The molecule has 0 aromatic rings. The van der Waals surface area contributed by atoms with Gasteiger partial charge in [0.1, 0.15) is 0 Å². The molecule has 2 unspecified atom stereocenters. The lowest BCUT2D eigenvalue weighted by Crippen LogP contribution is -2.05. The van der Waals surface area contributed by atoms with Crippen LogP contribution in [0.25, 0.3) is 0 Å². The van der Waals surface area contributed by atoms with E-state index in [1.54, 1.807) is 0 Å². The minimum Gasteiger partial charge on any atom is -0.378 e. The molecule has 1 aliphatic heterocycles. The Hall–Kier alpha value is 0.440. The predicted molar refractivity (Wildman–Crippen MR) is 51.2 cm³/mol. The summed E-state index contributed by atoms with van der Waals surface area (Å²) in [5, 5.41) is 0. The zero-order valence-corrected chi connectivity index (χ0v) is 8.77. The summed E-state index contributed by atoms with van der Waals surface area (Å²) in [5.41, 5.74) is 0. The topological polar surface area (TPSA) is 9.23 Å². The molecule has 1 nitrogen and oxygen atoms in total. The molecule has 0 radical (unpaired) electrons. The van der Waals surface area contributed by atoms with Crippen molar-refractivity contribution < 1.29 is 4.74 Å². The fourth-order valence-corrected chi connectivity index (χ4v) is 1.82. The second kappa shape index (κ2) is 5.15. The lowest BCUT2D eigenvalue weighted by molar-refractivity contribution is 0.102. The van der Waals surface area contributed by atoms with Gasteiger partial charge in [-0.2, -0.15) is 0 Å². The van der Waals surface area contributed by atoms with Gasteiger partial charge in [0.05, 0.1) is 6.10 Å². The first kappa shape index (κ1) is 9.53. The van der Waals surface area contributed by atoms with Gasteiger partial charge < -0.3 is 4.74 Å². The summed E-state index contributed by atoms with van der Waals surface area (Å²) in [6.07, 6.45) is 6.99. The Morgan fingerprint density at radius 3 is 3.00 bits per heavy atom. The summed E-state index contributed by atoms with van der Waals surface area (Å²) in [6, 6.07) is 0. The number of ether oxygens (including phenoxy) is 1. The van der Waals surface area contributed by atoms with Crippen molar-refractivity contribution in [2.24, 2.45) is 0 Å². The fourth-order valence-electron chi connectivity index (χ4n) is 1.50. The third-order valence-corrected chi connectivity index (χ3v) is 2.61. The monoisotopic (exact) mass is 220 g/mol. The average Bonchev–Trinajstić information content (AvgIpc) is 2.39. The maximum atomic E-state index is 5.52. The van der Waals surface area contributed by atoms with Crippen LogP contribution < -0.4 is 0 Å². The van der Waals surface area contributed by atoms with Gasteiger partial charge in [-0.25, -0.2) is 0 Å². The van der Waals surface area contributed by atoms with Crippen molar-refractivity contribution in [1.82, 2.24) is 0 Å². The molecular formula is C9H17BrO. The van der Waals surface area contributed by atoms with Crippen molar-refractivity contribution in [1.29, 1.82) is 0 Å². The smallest absolute Gasteiger partial charge is 0.0576 e. The first-order chi connectivity index (χ1) is 5.29. The van der Waals surface area contributed by atoms with Crippen molar-refractivity contribution in [3.8, 4) is 0 Å². The Morgan fingerprint density at radius 1 is 1.64 bits per heavy atom. The molecule has 0 bridgehead atoms. The third-order valence-electron chi connectivity index (χ3n) is 2.15. The van der Waals surface area contributed by atoms with Crippen LogP contribution in [-0.2, 0) is 4.74 Å². The molecule has 1 rings (SSSR count). The van der Waals surface area contributed by atoms with E-state index >= 15 is 0 Å². The highest BCUT2D eigenvalue weighted by Gasteiger charge is 2.14. The largest absolute Gasteiger partial charge is 0.378 e. The average molecular weight is 221 g/mol. The quantitative estimate of drug-likeness (QED) is 0.662. The second-order valence-electron chi connectivity index (χ2n) is 3.35. The van der Waals surface area contributed by atoms with E-state index in [0.717, 1.165) is 6.61 Å². The van der Waals surface area contributed by atoms with Crippen LogP contribution in [0.4, 0.5) is 0 Å². The summed E-state index contributed by atoms with van der Waals surface area (Å²) in [5.74, 6) is 0. The Balaban J connectivity index is 1.94. The van der Waals surface area contributed by atoms with Crippen LogP contribution in [0.1, 0.15) is 39.0 Å². The second-order valence-corrected chi connectivity index (χ2v) is 4.91. The Labute approximate surface area is 77.6 Å². The first-order valence-corrected chi connectivity index (χ1v) is 5.46. The number of alkyl halides is 1. The van der Waals surface area contributed by atoms with E-state index in [9.17, 15) is 0 Å². The van der Waals surface area contributed by atoms with E-state index in [1.165, 1.54) is 32.1 Å². The number of hydrogen-bond donors (Lipinski definition) is 0. The van der Waals surface area contributed by atoms with Crippen molar-refractivity contribution in [2.45, 2.75) is 50.0 Å². The number of rotatable bonds is 4. The number of halogens is 1. The maximum Gasteiger partial charge on any atom is 0.0576 e. The lowest BCUT2D eigenvalue weighted by atomic mass is 10.1. The van der Waals surface area contributed by atoms with Crippen molar-refractivity contribution >= 4 is 15.9 Å². The SMILES string of the molecule is CC(Br)CCCC1CCCO1. The fraction of sp³-hybridized carbons (Fsp3) is 1.00. The molecule has 1 saturated heterocycles. The predicted octanol–water partition coefficient (Wildman–Crippen LogP) is 3.12. The molecule has 0 N–H and O–H groups in total. The Morgan fingerprint density at radius 2 is 2.45 bits per heavy atom. The van der Waals surface area contributed by atoms with Gasteiger partial charge in [-0.3, -0.25) is 0 Å². The Bertz CT molecular complexity index is 97.7. The summed E-state index contributed by atoms with van der Waals surface area (Å²) >= 11 is 3.54. The van der Waals surface area contributed by atoms with Crippen molar-refractivity contribution in [3.63, 3.8) is 0 Å². The van der Waals surface area contributed by atoms with Crippen LogP contribution in [0.2, 0.25) is 0 Å². The molecule has 0 aromatic heterocycles. The van der Waals surface area contributed by atoms with E-state index in [0.29, 0.717) is 10.9 Å². The van der Waals surface area contributed by atoms with E-state index in [1.807, 2.05) is 0 Å². The minimum atomic E-state index is 0.584. The van der Waals surface area contributed by atoms with Gasteiger partial charge in [0.2, 0.25) is 0 Å². The van der Waals surface area contributed by atoms with Crippen LogP contribution in [0.5, 0.6) is 0 Å². The molecule has 0 saturated carbocycles. The molecule has 0 aromatic carbocycles. The van der Waals surface area contributed by atoms with Gasteiger partial charge in [0.25, 0.3) is 0 Å². The van der Waals surface area contributed by atoms with E-state index in [4.69, 9.17) is 4.74 Å². The minimum absolute atomic E-state index is 0.584. The molecule has 1 fully saturated rings. The normalized spacial score (nSPS) is 27.3. The summed E-state index contributed by atoms with van der Waals surface area (Å²) in [7, 11) is 0. The maximum absolute atomic E-state index is 5.52. The van der Waals surface area contributed by atoms with E-state index < -0.39 is 0 Å². The van der Waals surface area contributed by atoms with Crippen LogP contribution >= 0.6 is 15.9 Å². The van der Waals surface area contributed by atoms with Crippen molar-refractivity contribution in [2.75, 3.05) is 6.61 Å². The molecule has 1 aliphatic rings. The molecule has 11 heavy (non-hydrogen) atoms. The first-order valence-electron chi connectivity index (χ1n) is 4.54. The van der Waals surface area contributed by atoms with Crippen LogP contribution in [0.3, 0.4) is 0 Å². The highest BCUT2D eigenvalue weighted by molar-refractivity contribution is 9.09. The summed E-state index contributed by atoms with van der Waals surface area (Å²) in [6.45, 7) is 3.20. The summed E-state index contributed by atoms with van der Waals surface area (Å²) in [4.78, 5) is 0.670. The summed E-state index contributed by atoms with van der Waals surface area (Å²) < 4.78 is 5.52. The zero-order chi connectivity index (χ0) is 8.10. The van der Waals surface area contributed by atoms with Crippen LogP contribution in [0.15, 0.2) is 0 Å². The third kappa shape index (κ3) is 4.12. The van der Waals surface area contributed by atoms with Gasteiger partial charge in [0.15, 0.2) is 0 Å². The molecule has 0 aliphatic carbocycles. The van der Waals surface area contributed by atoms with Gasteiger partial charge in [-0.15, -0.1) is 0 Å². The highest BCUT2D eigenvalue weighted by Crippen LogP contribution is 2.19. The van der Waals surface area contributed by atoms with E-state index in [2.05, 4.69) is 22.9 Å². The van der Waals surface area contributed by atoms with E-state index in [-0.39, 0.29) is 0 Å². The molecule has 0 spiro atoms. The van der Waals surface area contributed by atoms with Gasteiger partial charge >= 0.3 is 0 Å². The van der Waals surface area contributed by atoms with Gasteiger partial charge in [0, 0.05) is 11.4 Å². The lowest BCUT2D eigenvalue weighted by Gasteiger charge is -2.08. The zero-order valence-electron chi connectivity index (χ0n) is 7.18. The molecule has 1 heterocycles. The standard InChI is InChI=1S/C9H17BrO/c1-8(10)4-2-5-9-6-3-7-11-9/h8-9H,2-7H2,1H3. The Kier molecular flexibility index (Phi) is 4.46. The molecule has 2 heteroatoms.